The molecule has 1 amide bonds. The van der Waals surface area contributed by atoms with Crippen LogP contribution in [0.4, 0.5) is 8.78 Å². The van der Waals surface area contributed by atoms with E-state index in [1.54, 1.807) is 18.2 Å². The Morgan fingerprint density at radius 1 is 1.09 bits per heavy atom. The summed E-state index contributed by atoms with van der Waals surface area (Å²) in [7, 11) is 0. The predicted molar refractivity (Wildman–Crippen MR) is 85.4 cm³/mol. The third kappa shape index (κ3) is 4.89. The molecular formula is C17H15F2NO2S. The Kier molecular flexibility index (Phi) is 5.87. The average Bonchev–Trinajstić information content (AvgIpc) is 2.52. The minimum absolute atomic E-state index is 0.00475. The van der Waals surface area contributed by atoms with Gasteiger partial charge in [-0.2, -0.15) is 0 Å². The van der Waals surface area contributed by atoms with E-state index in [-0.39, 0.29) is 40.3 Å². The van der Waals surface area contributed by atoms with Crippen LogP contribution in [-0.4, -0.2) is 17.4 Å². The molecule has 0 aliphatic heterocycles. The van der Waals surface area contributed by atoms with Crippen LogP contribution in [0.5, 0.6) is 0 Å². The van der Waals surface area contributed by atoms with Crippen molar-refractivity contribution in [2.75, 3.05) is 5.75 Å². The maximum absolute atomic E-state index is 13.8. The van der Waals surface area contributed by atoms with Crippen LogP contribution in [0.3, 0.4) is 0 Å². The monoisotopic (exact) mass is 335 g/mol. The van der Waals surface area contributed by atoms with E-state index in [0.29, 0.717) is 5.56 Å². The van der Waals surface area contributed by atoms with Crippen LogP contribution in [0.2, 0.25) is 0 Å². The Balaban J connectivity index is 1.87. The number of hydrogen-bond acceptors (Lipinski definition) is 3. The number of nitrogens with one attached hydrogen (secondary N) is 1. The summed E-state index contributed by atoms with van der Waals surface area (Å²) in [4.78, 5) is 23.2. The van der Waals surface area contributed by atoms with Crippen LogP contribution in [0.15, 0.2) is 47.4 Å². The topological polar surface area (TPSA) is 46.2 Å². The molecule has 0 aromatic heterocycles. The highest BCUT2D eigenvalue weighted by molar-refractivity contribution is 8.00. The number of amides is 1. The number of ketones is 1. The fraction of sp³-hybridized carbons (Fsp3) is 0.176. The molecule has 0 aliphatic carbocycles. The molecule has 2 rings (SSSR count). The SMILES string of the molecule is CC(=O)c1ccc(SCC(=O)NCc2ccccc2F)c(F)c1. The summed E-state index contributed by atoms with van der Waals surface area (Å²) in [6, 6.07) is 10.3. The molecule has 6 heteroatoms. The minimum Gasteiger partial charge on any atom is -0.351 e. The van der Waals surface area contributed by atoms with E-state index in [1.165, 1.54) is 25.1 Å². The highest BCUT2D eigenvalue weighted by atomic mass is 32.2. The summed E-state index contributed by atoms with van der Waals surface area (Å²) in [5.74, 6) is -1.46. The van der Waals surface area contributed by atoms with Gasteiger partial charge in [0.15, 0.2) is 5.78 Å². The van der Waals surface area contributed by atoms with Gasteiger partial charge in [0, 0.05) is 22.6 Å². The molecule has 0 saturated carbocycles. The second-order valence-corrected chi connectivity index (χ2v) is 5.88. The Morgan fingerprint density at radius 2 is 1.83 bits per heavy atom. The zero-order valence-corrected chi connectivity index (χ0v) is 13.3. The van der Waals surface area contributed by atoms with Gasteiger partial charge in [-0.1, -0.05) is 24.3 Å². The fourth-order valence-electron chi connectivity index (χ4n) is 1.87. The Hall–Kier alpha value is -2.21. The minimum atomic E-state index is -0.537. The lowest BCUT2D eigenvalue weighted by atomic mass is 10.1. The van der Waals surface area contributed by atoms with Crippen molar-refractivity contribution in [2.45, 2.75) is 18.4 Å². The molecule has 0 saturated heterocycles. The normalized spacial score (nSPS) is 10.4. The summed E-state index contributed by atoms with van der Waals surface area (Å²) in [6.07, 6.45) is 0. The van der Waals surface area contributed by atoms with Gasteiger partial charge in [-0.05, 0) is 25.1 Å². The molecule has 0 atom stereocenters. The van der Waals surface area contributed by atoms with Crippen molar-refractivity contribution in [3.63, 3.8) is 0 Å². The Bertz CT molecular complexity index is 734. The largest absolute Gasteiger partial charge is 0.351 e. The van der Waals surface area contributed by atoms with Gasteiger partial charge in [-0.3, -0.25) is 9.59 Å². The predicted octanol–water partition coefficient (Wildman–Crippen LogP) is 3.58. The van der Waals surface area contributed by atoms with E-state index in [1.807, 2.05) is 0 Å². The third-order valence-electron chi connectivity index (χ3n) is 3.13. The summed E-state index contributed by atoms with van der Waals surface area (Å²) in [5.41, 5.74) is 0.679. The molecule has 0 radical (unpaired) electrons. The quantitative estimate of drug-likeness (QED) is 0.648. The molecule has 1 N–H and O–H groups in total. The van der Waals surface area contributed by atoms with Gasteiger partial charge in [0.1, 0.15) is 11.6 Å². The zero-order chi connectivity index (χ0) is 16.8. The molecule has 23 heavy (non-hydrogen) atoms. The van der Waals surface area contributed by atoms with Crippen molar-refractivity contribution in [2.24, 2.45) is 0 Å². The number of carbonyl (C=O) groups excluding carboxylic acids is 2. The first-order valence-corrected chi connectivity index (χ1v) is 7.89. The van der Waals surface area contributed by atoms with Gasteiger partial charge in [0.25, 0.3) is 0 Å². The molecule has 0 spiro atoms. The second-order valence-electron chi connectivity index (χ2n) is 4.86. The first-order chi connectivity index (χ1) is 11.0. The van der Waals surface area contributed by atoms with E-state index in [0.717, 1.165) is 17.8 Å². The van der Waals surface area contributed by atoms with Gasteiger partial charge in [0.2, 0.25) is 5.91 Å². The third-order valence-corrected chi connectivity index (χ3v) is 4.18. The molecule has 0 heterocycles. The summed E-state index contributed by atoms with van der Waals surface area (Å²) >= 11 is 1.02. The van der Waals surface area contributed by atoms with Crippen LogP contribution in [0.1, 0.15) is 22.8 Å². The van der Waals surface area contributed by atoms with Crippen LogP contribution in [0.25, 0.3) is 0 Å². The van der Waals surface area contributed by atoms with Crippen molar-refractivity contribution in [3.8, 4) is 0 Å². The highest BCUT2D eigenvalue weighted by Crippen LogP contribution is 2.22. The lowest BCUT2D eigenvalue weighted by molar-refractivity contribution is -0.118. The van der Waals surface area contributed by atoms with Crippen molar-refractivity contribution >= 4 is 23.5 Å². The number of hydrogen-bond donors (Lipinski definition) is 1. The number of rotatable bonds is 6. The van der Waals surface area contributed by atoms with E-state index < -0.39 is 5.82 Å². The van der Waals surface area contributed by atoms with Gasteiger partial charge < -0.3 is 5.32 Å². The zero-order valence-electron chi connectivity index (χ0n) is 12.4. The lowest BCUT2D eigenvalue weighted by Crippen LogP contribution is -2.25. The number of halogens is 2. The van der Waals surface area contributed by atoms with E-state index in [2.05, 4.69) is 5.32 Å². The van der Waals surface area contributed by atoms with Crippen LogP contribution < -0.4 is 5.32 Å². The number of benzene rings is 2. The van der Waals surface area contributed by atoms with Crippen LogP contribution in [0, 0.1) is 11.6 Å². The fourth-order valence-corrected chi connectivity index (χ4v) is 2.62. The Morgan fingerprint density at radius 3 is 2.48 bits per heavy atom. The summed E-state index contributed by atoms with van der Waals surface area (Å²) < 4.78 is 27.2. The van der Waals surface area contributed by atoms with Gasteiger partial charge in [0.05, 0.1) is 5.75 Å². The molecule has 2 aromatic carbocycles. The van der Waals surface area contributed by atoms with E-state index >= 15 is 0 Å². The highest BCUT2D eigenvalue weighted by Gasteiger charge is 2.10. The standard InChI is InChI=1S/C17H15F2NO2S/c1-11(21)12-6-7-16(15(19)8-12)23-10-17(22)20-9-13-4-2-3-5-14(13)18/h2-8H,9-10H2,1H3,(H,20,22). The molecule has 120 valence electrons. The maximum atomic E-state index is 13.8. The molecule has 2 aromatic rings. The van der Waals surface area contributed by atoms with E-state index in [4.69, 9.17) is 0 Å². The summed E-state index contributed by atoms with van der Waals surface area (Å²) in [5, 5.41) is 2.58. The van der Waals surface area contributed by atoms with Gasteiger partial charge in [-0.15, -0.1) is 11.8 Å². The van der Waals surface area contributed by atoms with Crippen molar-refractivity contribution in [3.05, 3.63) is 65.2 Å². The first kappa shape index (κ1) is 17.1. The second kappa shape index (κ2) is 7.87. The van der Waals surface area contributed by atoms with Crippen LogP contribution >= 0.6 is 11.8 Å². The smallest absolute Gasteiger partial charge is 0.230 e. The Labute approximate surface area is 137 Å². The number of Topliss-reactive ketones (excluding diaryl/α,β-unsaturated/α-hetero) is 1. The summed E-state index contributed by atoms with van der Waals surface area (Å²) in [6.45, 7) is 1.44. The van der Waals surface area contributed by atoms with Crippen LogP contribution in [-0.2, 0) is 11.3 Å². The molecule has 0 fully saturated rings. The van der Waals surface area contributed by atoms with Crippen molar-refractivity contribution in [1.29, 1.82) is 0 Å². The first-order valence-electron chi connectivity index (χ1n) is 6.91. The van der Waals surface area contributed by atoms with Gasteiger partial charge >= 0.3 is 0 Å². The molecule has 0 bridgehead atoms. The van der Waals surface area contributed by atoms with Crippen molar-refractivity contribution < 1.29 is 18.4 Å². The number of carbonyl (C=O) groups is 2. The van der Waals surface area contributed by atoms with Gasteiger partial charge in [-0.25, -0.2) is 8.78 Å². The lowest BCUT2D eigenvalue weighted by Gasteiger charge is -2.07. The van der Waals surface area contributed by atoms with E-state index in [9.17, 15) is 18.4 Å². The van der Waals surface area contributed by atoms with Crippen molar-refractivity contribution in [1.82, 2.24) is 5.32 Å². The molecule has 3 nitrogen and oxygen atoms in total. The maximum Gasteiger partial charge on any atom is 0.230 e. The number of thioether (sulfide) groups is 1. The molecule has 0 unspecified atom stereocenters. The molecular weight excluding hydrogens is 320 g/mol. The molecule has 0 aliphatic rings. The average molecular weight is 335 g/mol.